The van der Waals surface area contributed by atoms with Gasteiger partial charge in [0, 0.05) is 12.5 Å². The van der Waals surface area contributed by atoms with Crippen molar-refractivity contribution in [2.45, 2.75) is 26.2 Å². The first-order valence-electron chi connectivity index (χ1n) is 6.26. The van der Waals surface area contributed by atoms with Crippen LogP contribution in [0.3, 0.4) is 0 Å². The zero-order valence-corrected chi connectivity index (χ0v) is 11.1. The molecule has 1 aromatic carbocycles. The van der Waals surface area contributed by atoms with Crippen molar-refractivity contribution >= 4 is 11.9 Å². The minimum Gasteiger partial charge on any atom is -0.481 e. The van der Waals surface area contributed by atoms with Crippen LogP contribution in [0.5, 0.6) is 0 Å². The van der Waals surface area contributed by atoms with Gasteiger partial charge in [0.1, 0.15) is 11.6 Å². The lowest BCUT2D eigenvalue weighted by Crippen LogP contribution is -2.19. The predicted octanol–water partition coefficient (Wildman–Crippen LogP) is 2.55. The topological polar surface area (TPSA) is 63.6 Å². The third kappa shape index (κ3) is 4.95. The van der Waals surface area contributed by atoms with E-state index in [0.29, 0.717) is 6.07 Å². The molecule has 0 aliphatic heterocycles. The Hall–Kier alpha value is -1.98. The second-order valence-electron chi connectivity index (χ2n) is 4.32. The van der Waals surface area contributed by atoms with E-state index in [0.717, 1.165) is 6.07 Å². The molecule has 1 unspecified atom stereocenters. The summed E-state index contributed by atoms with van der Waals surface area (Å²) < 4.78 is 30.9. The molecule has 0 heterocycles. The highest BCUT2D eigenvalue weighted by atomic mass is 19.1. The number of carbonyl (C=O) groups is 2. The molecule has 0 aliphatic carbocycles. The fourth-order valence-electron chi connectivity index (χ4n) is 1.79. The normalized spacial score (nSPS) is 11.9. The van der Waals surface area contributed by atoms with Crippen molar-refractivity contribution < 1.29 is 28.2 Å². The molecule has 0 aliphatic rings. The summed E-state index contributed by atoms with van der Waals surface area (Å²) in [5.41, 5.74) is 0.114. The minimum absolute atomic E-state index is 0.0466. The summed E-state index contributed by atoms with van der Waals surface area (Å²) in [6.45, 7) is 1.88. The van der Waals surface area contributed by atoms with Crippen LogP contribution < -0.4 is 0 Å². The summed E-state index contributed by atoms with van der Waals surface area (Å²) >= 11 is 0. The van der Waals surface area contributed by atoms with E-state index in [9.17, 15) is 18.4 Å². The first kappa shape index (κ1) is 16.1. The van der Waals surface area contributed by atoms with Crippen molar-refractivity contribution in [2.75, 3.05) is 6.61 Å². The Kier molecular flexibility index (Phi) is 6.09. The average Bonchev–Trinajstić information content (AvgIpc) is 2.36. The first-order valence-corrected chi connectivity index (χ1v) is 6.26. The van der Waals surface area contributed by atoms with Crippen LogP contribution in [0.2, 0.25) is 0 Å². The van der Waals surface area contributed by atoms with Crippen molar-refractivity contribution in [1.29, 1.82) is 0 Å². The van der Waals surface area contributed by atoms with Crippen LogP contribution in [0.1, 0.15) is 25.3 Å². The molecule has 1 rings (SSSR count). The van der Waals surface area contributed by atoms with Gasteiger partial charge in [-0.15, -0.1) is 0 Å². The monoisotopic (exact) mass is 286 g/mol. The lowest BCUT2D eigenvalue weighted by molar-refractivity contribution is -0.145. The number of rotatable bonds is 7. The lowest BCUT2D eigenvalue weighted by Gasteiger charge is -2.12. The zero-order valence-electron chi connectivity index (χ0n) is 11.1. The van der Waals surface area contributed by atoms with Crippen LogP contribution in [-0.4, -0.2) is 23.7 Å². The standard InChI is InChI=1S/C14H16F2O4/c1-2-20-13(17)6-4-10(14(18)19)7-9-3-5-11(15)8-12(9)16/h3,5,8,10H,2,4,6-7H2,1H3,(H,18,19). The van der Waals surface area contributed by atoms with Gasteiger partial charge in [0.2, 0.25) is 0 Å². The third-order valence-corrected chi connectivity index (χ3v) is 2.83. The predicted molar refractivity (Wildman–Crippen MR) is 67.1 cm³/mol. The summed E-state index contributed by atoms with van der Waals surface area (Å²) in [5.74, 6) is -4.03. The van der Waals surface area contributed by atoms with E-state index in [4.69, 9.17) is 9.84 Å². The molecule has 0 saturated carbocycles. The van der Waals surface area contributed by atoms with Gasteiger partial charge in [-0.05, 0) is 31.4 Å². The molecular weight excluding hydrogens is 270 g/mol. The number of ether oxygens (including phenoxy) is 1. The van der Waals surface area contributed by atoms with Crippen LogP contribution in [0.25, 0.3) is 0 Å². The molecule has 1 N–H and O–H groups in total. The van der Waals surface area contributed by atoms with Gasteiger partial charge in [0.05, 0.1) is 12.5 Å². The second-order valence-corrected chi connectivity index (χ2v) is 4.32. The van der Waals surface area contributed by atoms with E-state index in [1.807, 2.05) is 0 Å². The molecule has 0 spiro atoms. The van der Waals surface area contributed by atoms with Crippen LogP contribution in [-0.2, 0) is 20.7 Å². The van der Waals surface area contributed by atoms with E-state index in [1.165, 1.54) is 6.07 Å². The highest BCUT2D eigenvalue weighted by Crippen LogP contribution is 2.18. The van der Waals surface area contributed by atoms with Crippen molar-refractivity contribution in [3.8, 4) is 0 Å². The van der Waals surface area contributed by atoms with Crippen molar-refractivity contribution in [2.24, 2.45) is 5.92 Å². The SMILES string of the molecule is CCOC(=O)CCC(Cc1ccc(F)cc1F)C(=O)O. The molecule has 0 bridgehead atoms. The Morgan fingerprint density at radius 1 is 1.35 bits per heavy atom. The quantitative estimate of drug-likeness (QED) is 0.782. The maximum atomic E-state index is 13.5. The number of hydrogen-bond donors (Lipinski definition) is 1. The first-order chi connectivity index (χ1) is 9.43. The molecule has 0 aromatic heterocycles. The fraction of sp³-hybridized carbons (Fsp3) is 0.429. The molecule has 0 fully saturated rings. The van der Waals surface area contributed by atoms with Crippen LogP contribution in [0.4, 0.5) is 8.78 Å². The molecule has 0 saturated heterocycles. The smallest absolute Gasteiger partial charge is 0.306 e. The van der Waals surface area contributed by atoms with Crippen molar-refractivity contribution in [1.82, 2.24) is 0 Å². The van der Waals surface area contributed by atoms with Gasteiger partial charge in [-0.2, -0.15) is 0 Å². The van der Waals surface area contributed by atoms with Crippen LogP contribution >= 0.6 is 0 Å². The second kappa shape index (κ2) is 7.57. The molecule has 1 atom stereocenters. The summed E-state index contributed by atoms with van der Waals surface area (Å²) in [5, 5.41) is 9.07. The molecule has 1 aromatic rings. The van der Waals surface area contributed by atoms with Crippen molar-refractivity contribution in [3.05, 3.63) is 35.4 Å². The van der Waals surface area contributed by atoms with E-state index < -0.39 is 29.5 Å². The van der Waals surface area contributed by atoms with Crippen LogP contribution in [0, 0.1) is 17.6 Å². The molecule has 6 heteroatoms. The number of carboxylic acids is 1. The van der Waals surface area contributed by atoms with Gasteiger partial charge in [0.25, 0.3) is 0 Å². The maximum absolute atomic E-state index is 13.5. The average molecular weight is 286 g/mol. The third-order valence-electron chi connectivity index (χ3n) is 2.83. The van der Waals surface area contributed by atoms with Gasteiger partial charge < -0.3 is 9.84 Å². The molecule has 110 valence electrons. The van der Waals surface area contributed by atoms with Crippen LogP contribution in [0.15, 0.2) is 18.2 Å². The van der Waals surface area contributed by atoms with Gasteiger partial charge in [-0.1, -0.05) is 6.07 Å². The number of aliphatic carboxylic acids is 1. The lowest BCUT2D eigenvalue weighted by atomic mass is 9.94. The zero-order chi connectivity index (χ0) is 15.1. The van der Waals surface area contributed by atoms with Gasteiger partial charge >= 0.3 is 11.9 Å². The molecule has 4 nitrogen and oxygen atoms in total. The number of carboxylic acid groups (broad SMARTS) is 1. The van der Waals surface area contributed by atoms with Gasteiger partial charge in [-0.25, -0.2) is 8.78 Å². The number of hydrogen-bond acceptors (Lipinski definition) is 3. The summed E-state index contributed by atoms with van der Waals surface area (Å²) in [7, 11) is 0. The fourth-order valence-corrected chi connectivity index (χ4v) is 1.79. The molecular formula is C14H16F2O4. The Bertz CT molecular complexity index is 488. The number of carbonyl (C=O) groups excluding carboxylic acids is 1. The number of halogens is 2. The largest absolute Gasteiger partial charge is 0.481 e. The summed E-state index contributed by atoms with van der Waals surface area (Å²) in [6, 6.07) is 2.99. The molecule has 20 heavy (non-hydrogen) atoms. The summed E-state index contributed by atoms with van der Waals surface area (Å²) in [4.78, 5) is 22.3. The van der Waals surface area contributed by atoms with E-state index in [1.54, 1.807) is 6.92 Å². The number of esters is 1. The Morgan fingerprint density at radius 3 is 2.60 bits per heavy atom. The van der Waals surface area contributed by atoms with Gasteiger partial charge in [-0.3, -0.25) is 9.59 Å². The minimum atomic E-state index is -1.13. The Morgan fingerprint density at radius 2 is 2.05 bits per heavy atom. The Labute approximate surface area is 115 Å². The number of benzene rings is 1. The highest BCUT2D eigenvalue weighted by Gasteiger charge is 2.21. The van der Waals surface area contributed by atoms with E-state index in [-0.39, 0.29) is 31.4 Å². The summed E-state index contributed by atoms with van der Waals surface area (Å²) in [6.07, 6.45) is -0.0978. The van der Waals surface area contributed by atoms with E-state index in [2.05, 4.69) is 0 Å². The van der Waals surface area contributed by atoms with Crippen molar-refractivity contribution in [3.63, 3.8) is 0 Å². The Balaban J connectivity index is 2.67. The molecule has 0 radical (unpaired) electrons. The van der Waals surface area contributed by atoms with E-state index >= 15 is 0 Å². The molecule has 0 amide bonds. The van der Waals surface area contributed by atoms with Gasteiger partial charge in [0.15, 0.2) is 0 Å². The highest BCUT2D eigenvalue weighted by molar-refractivity contribution is 5.73. The maximum Gasteiger partial charge on any atom is 0.306 e.